The summed E-state index contributed by atoms with van der Waals surface area (Å²) < 4.78 is 5.13. The number of rotatable bonds is 7. The molecule has 0 saturated heterocycles. The summed E-state index contributed by atoms with van der Waals surface area (Å²) in [5.74, 6) is 0.729. The van der Waals surface area contributed by atoms with Crippen LogP contribution in [0.4, 0.5) is 0 Å². The highest BCUT2D eigenvalue weighted by Gasteiger charge is 2.20. The van der Waals surface area contributed by atoms with Crippen LogP contribution in [-0.2, 0) is 11.2 Å². The number of ether oxygens (including phenoxy) is 1. The lowest BCUT2D eigenvalue weighted by molar-refractivity contribution is -0.132. The number of methoxy groups -OCH3 is 1. The molecule has 2 aromatic carbocycles. The Bertz CT molecular complexity index is 655. The Hall–Kier alpha value is -2.04. The van der Waals surface area contributed by atoms with E-state index in [4.69, 9.17) is 16.3 Å². The highest BCUT2D eigenvalue weighted by Crippen LogP contribution is 2.23. The molecule has 0 aliphatic rings. The molecule has 4 nitrogen and oxygen atoms in total. The lowest BCUT2D eigenvalue weighted by Gasteiger charge is -2.27. The lowest BCUT2D eigenvalue weighted by Crippen LogP contribution is -2.33. The number of likely N-dealkylation sites (N-methyl/N-ethyl adjacent to an activating group) is 1. The number of nitrogens with zero attached hydrogens (tertiary/aromatic N) is 1. The fourth-order valence-corrected chi connectivity index (χ4v) is 2.66. The van der Waals surface area contributed by atoms with Gasteiger partial charge >= 0.3 is 0 Å². The topological polar surface area (TPSA) is 49.8 Å². The number of amides is 1. The molecule has 0 bridgehead atoms. The molecule has 0 spiro atoms. The van der Waals surface area contributed by atoms with Gasteiger partial charge in [-0.1, -0.05) is 35.9 Å². The van der Waals surface area contributed by atoms with Crippen molar-refractivity contribution in [2.75, 3.05) is 20.8 Å². The number of carbonyl (C=O) groups is 1. The van der Waals surface area contributed by atoms with E-state index in [0.717, 1.165) is 16.9 Å². The molecule has 1 amide bonds. The van der Waals surface area contributed by atoms with E-state index in [1.165, 1.54) is 0 Å². The molecule has 0 aromatic heterocycles. The van der Waals surface area contributed by atoms with Crippen LogP contribution in [0.25, 0.3) is 0 Å². The Morgan fingerprint density at radius 1 is 1.17 bits per heavy atom. The second-order valence-corrected chi connectivity index (χ2v) is 6.04. The van der Waals surface area contributed by atoms with Gasteiger partial charge in [-0.15, -0.1) is 0 Å². The van der Waals surface area contributed by atoms with Gasteiger partial charge in [0.15, 0.2) is 0 Å². The van der Waals surface area contributed by atoms with E-state index in [1.54, 1.807) is 19.1 Å². The third-order valence-corrected chi connectivity index (χ3v) is 4.33. The fourth-order valence-electron chi connectivity index (χ4n) is 2.53. The molecule has 0 saturated carbocycles. The largest absolute Gasteiger partial charge is 0.497 e. The molecule has 2 rings (SSSR count). The minimum atomic E-state index is -0.367. The summed E-state index contributed by atoms with van der Waals surface area (Å²) >= 11 is 5.86. The summed E-state index contributed by atoms with van der Waals surface area (Å²) in [5.41, 5.74) is 1.94. The molecule has 0 radical (unpaired) electrons. The van der Waals surface area contributed by atoms with Crippen molar-refractivity contribution < 1.29 is 14.6 Å². The summed E-state index contributed by atoms with van der Waals surface area (Å²) in [6.07, 6.45) is 1.02. The maximum Gasteiger partial charge on any atom is 0.223 e. The normalized spacial score (nSPS) is 11.8. The Kier molecular flexibility index (Phi) is 6.64. The van der Waals surface area contributed by atoms with E-state index >= 15 is 0 Å². The first-order valence-corrected chi connectivity index (χ1v) is 8.18. The number of aryl methyl sites for hydroxylation is 1. The standard InChI is InChI=1S/C19H22ClNO3/c1-21(18(13-22)15-6-10-17(24-2)11-7-15)19(23)12-5-14-3-8-16(20)9-4-14/h3-4,6-11,18,22H,5,12-13H2,1-2H3. The van der Waals surface area contributed by atoms with E-state index in [9.17, 15) is 9.90 Å². The van der Waals surface area contributed by atoms with Gasteiger partial charge in [-0.25, -0.2) is 0 Å². The number of benzene rings is 2. The maximum atomic E-state index is 12.4. The van der Waals surface area contributed by atoms with Crippen LogP contribution in [0, 0.1) is 0 Å². The van der Waals surface area contributed by atoms with Crippen molar-refractivity contribution in [3.05, 3.63) is 64.7 Å². The van der Waals surface area contributed by atoms with E-state index < -0.39 is 0 Å². The summed E-state index contributed by atoms with van der Waals surface area (Å²) in [7, 11) is 3.32. The van der Waals surface area contributed by atoms with E-state index in [0.29, 0.717) is 17.9 Å². The summed E-state index contributed by atoms with van der Waals surface area (Å²) in [5, 5.41) is 10.4. The van der Waals surface area contributed by atoms with E-state index in [-0.39, 0.29) is 18.6 Å². The van der Waals surface area contributed by atoms with Crippen LogP contribution in [0.5, 0.6) is 5.75 Å². The van der Waals surface area contributed by atoms with Crippen LogP contribution in [0.2, 0.25) is 5.02 Å². The zero-order valence-electron chi connectivity index (χ0n) is 13.9. The zero-order chi connectivity index (χ0) is 17.5. The third kappa shape index (κ3) is 4.73. The van der Waals surface area contributed by atoms with Crippen molar-refractivity contribution in [3.8, 4) is 5.75 Å². The monoisotopic (exact) mass is 347 g/mol. The smallest absolute Gasteiger partial charge is 0.223 e. The van der Waals surface area contributed by atoms with Gasteiger partial charge in [-0.05, 0) is 41.8 Å². The highest BCUT2D eigenvalue weighted by molar-refractivity contribution is 6.30. The summed E-state index contributed by atoms with van der Waals surface area (Å²) in [6.45, 7) is -0.129. The van der Waals surface area contributed by atoms with Crippen molar-refractivity contribution in [1.29, 1.82) is 0 Å². The average molecular weight is 348 g/mol. The first-order chi connectivity index (χ1) is 11.5. The molecule has 0 heterocycles. The zero-order valence-corrected chi connectivity index (χ0v) is 14.7. The number of halogens is 1. The molecular formula is C19H22ClNO3. The van der Waals surface area contributed by atoms with E-state index in [2.05, 4.69) is 0 Å². The van der Waals surface area contributed by atoms with Gasteiger partial charge in [0.2, 0.25) is 5.91 Å². The quantitative estimate of drug-likeness (QED) is 0.834. The fraction of sp³-hybridized carbons (Fsp3) is 0.316. The molecule has 1 atom stereocenters. The molecular weight excluding hydrogens is 326 g/mol. The Labute approximate surface area is 147 Å². The van der Waals surface area contributed by atoms with Crippen molar-refractivity contribution >= 4 is 17.5 Å². The molecule has 128 valence electrons. The Morgan fingerprint density at radius 3 is 2.33 bits per heavy atom. The van der Waals surface area contributed by atoms with Crippen LogP contribution in [-0.4, -0.2) is 36.7 Å². The summed E-state index contributed by atoms with van der Waals surface area (Å²) in [6, 6.07) is 14.5. The van der Waals surface area contributed by atoms with Gasteiger partial charge in [-0.2, -0.15) is 0 Å². The summed E-state index contributed by atoms with van der Waals surface area (Å²) in [4.78, 5) is 14.0. The first kappa shape index (κ1) is 18.3. The van der Waals surface area contributed by atoms with Crippen LogP contribution in [0.15, 0.2) is 48.5 Å². The van der Waals surface area contributed by atoms with Gasteiger partial charge in [0.1, 0.15) is 5.75 Å². The molecule has 2 aromatic rings. The number of hydrogen-bond acceptors (Lipinski definition) is 3. The van der Waals surface area contributed by atoms with Gasteiger partial charge in [0.25, 0.3) is 0 Å². The average Bonchev–Trinajstić information content (AvgIpc) is 2.62. The van der Waals surface area contributed by atoms with Crippen molar-refractivity contribution in [2.24, 2.45) is 0 Å². The minimum Gasteiger partial charge on any atom is -0.497 e. The van der Waals surface area contributed by atoms with Crippen molar-refractivity contribution in [3.63, 3.8) is 0 Å². The molecule has 1 N–H and O–H groups in total. The minimum absolute atomic E-state index is 0.0141. The molecule has 0 aliphatic carbocycles. The SMILES string of the molecule is COc1ccc(C(CO)N(C)C(=O)CCc2ccc(Cl)cc2)cc1. The van der Waals surface area contributed by atoms with Crippen LogP contribution in [0.1, 0.15) is 23.6 Å². The van der Waals surface area contributed by atoms with Crippen LogP contribution < -0.4 is 4.74 Å². The lowest BCUT2D eigenvalue weighted by atomic mass is 10.0. The molecule has 0 aliphatic heterocycles. The highest BCUT2D eigenvalue weighted by atomic mass is 35.5. The Morgan fingerprint density at radius 2 is 1.79 bits per heavy atom. The van der Waals surface area contributed by atoms with Gasteiger partial charge < -0.3 is 14.7 Å². The Balaban J connectivity index is 1.99. The molecule has 1 unspecified atom stereocenters. The number of aliphatic hydroxyl groups is 1. The van der Waals surface area contributed by atoms with E-state index in [1.807, 2.05) is 48.5 Å². The predicted molar refractivity (Wildman–Crippen MR) is 95.4 cm³/mol. The van der Waals surface area contributed by atoms with Gasteiger partial charge in [0.05, 0.1) is 19.8 Å². The first-order valence-electron chi connectivity index (χ1n) is 7.80. The van der Waals surface area contributed by atoms with Crippen molar-refractivity contribution in [2.45, 2.75) is 18.9 Å². The second kappa shape index (κ2) is 8.71. The van der Waals surface area contributed by atoms with Crippen LogP contribution in [0.3, 0.4) is 0 Å². The maximum absolute atomic E-state index is 12.4. The number of hydrogen-bond donors (Lipinski definition) is 1. The van der Waals surface area contributed by atoms with Gasteiger partial charge in [-0.3, -0.25) is 4.79 Å². The van der Waals surface area contributed by atoms with Crippen molar-refractivity contribution in [1.82, 2.24) is 4.90 Å². The molecule has 24 heavy (non-hydrogen) atoms. The van der Waals surface area contributed by atoms with Gasteiger partial charge in [0, 0.05) is 18.5 Å². The number of carbonyl (C=O) groups excluding carboxylic acids is 1. The third-order valence-electron chi connectivity index (χ3n) is 4.08. The second-order valence-electron chi connectivity index (χ2n) is 5.60. The molecule has 0 fully saturated rings. The van der Waals surface area contributed by atoms with Crippen LogP contribution >= 0.6 is 11.6 Å². The number of aliphatic hydroxyl groups excluding tert-OH is 1. The molecule has 5 heteroatoms. The predicted octanol–water partition coefficient (Wildman–Crippen LogP) is 3.47.